The summed E-state index contributed by atoms with van der Waals surface area (Å²) in [6, 6.07) is 7.05. The molecule has 0 aliphatic heterocycles. The van der Waals surface area contributed by atoms with Gasteiger partial charge in [-0.2, -0.15) is 18.2 Å². The van der Waals surface area contributed by atoms with Crippen LogP contribution in [-0.4, -0.2) is 11.9 Å². The number of nitrogens with two attached hydrogens (primary N) is 2. The molecule has 2 aromatic rings. The minimum Gasteiger partial charge on any atom is -0.457 e. The summed E-state index contributed by atoms with van der Waals surface area (Å²) in [7, 11) is 0. The van der Waals surface area contributed by atoms with Crippen LogP contribution in [0.15, 0.2) is 47.5 Å². The van der Waals surface area contributed by atoms with Crippen LogP contribution in [0.1, 0.15) is 15.9 Å². The lowest BCUT2D eigenvalue weighted by molar-refractivity contribution is -0.138. The zero-order chi connectivity index (χ0) is 17.9. The number of hydrogen-bond donors (Lipinski definition) is 2. The first kappa shape index (κ1) is 20.2. The number of ether oxygens (including phenoxy) is 1. The Hall–Kier alpha value is -2.81. The summed E-state index contributed by atoms with van der Waals surface area (Å²) in [6.07, 6.45) is -4.79. The molecule has 0 bridgehead atoms. The molecule has 0 spiro atoms. The highest BCUT2D eigenvalue weighted by molar-refractivity contribution is 6.02. The van der Waals surface area contributed by atoms with Gasteiger partial charge in [-0.25, -0.2) is 4.39 Å². The largest absolute Gasteiger partial charge is 0.457 e. The van der Waals surface area contributed by atoms with Crippen molar-refractivity contribution in [1.29, 1.82) is 0 Å². The van der Waals surface area contributed by atoms with Crippen molar-refractivity contribution in [2.45, 2.75) is 6.18 Å². The van der Waals surface area contributed by atoms with Crippen LogP contribution in [-0.2, 0) is 6.18 Å². The minimum absolute atomic E-state index is 0. The van der Waals surface area contributed by atoms with Gasteiger partial charge < -0.3 is 16.2 Å². The summed E-state index contributed by atoms with van der Waals surface area (Å²) < 4.78 is 57.5. The standard InChI is InChI=1S/C15H11F4N3O2.ClH/c16-9-2-4-10(5-3-9)24-12-6-1-8(13(23)22-14(20)21)7-11(12)15(17,18)19;/h1-7H,(H4,20,21,22,23);1H. The third-order valence-electron chi connectivity index (χ3n) is 2.80. The van der Waals surface area contributed by atoms with E-state index >= 15 is 0 Å². The van der Waals surface area contributed by atoms with Gasteiger partial charge in [0.2, 0.25) is 0 Å². The number of carbonyl (C=O) groups is 1. The maximum Gasteiger partial charge on any atom is 0.420 e. The van der Waals surface area contributed by atoms with Crippen molar-refractivity contribution < 1.29 is 27.1 Å². The van der Waals surface area contributed by atoms with Crippen LogP contribution in [0.4, 0.5) is 17.6 Å². The van der Waals surface area contributed by atoms with E-state index in [1.807, 2.05) is 0 Å². The number of hydrogen-bond acceptors (Lipinski definition) is 2. The molecule has 0 saturated carbocycles. The Balaban J connectivity index is 0.00000312. The first-order valence-corrected chi connectivity index (χ1v) is 6.45. The van der Waals surface area contributed by atoms with Crippen molar-refractivity contribution in [3.8, 4) is 11.5 Å². The van der Waals surface area contributed by atoms with Gasteiger partial charge >= 0.3 is 6.18 Å². The van der Waals surface area contributed by atoms with Gasteiger partial charge in [-0.15, -0.1) is 12.4 Å². The van der Waals surface area contributed by atoms with E-state index in [2.05, 4.69) is 4.99 Å². The monoisotopic (exact) mass is 377 g/mol. The van der Waals surface area contributed by atoms with Crippen LogP contribution in [0, 0.1) is 5.82 Å². The molecule has 10 heteroatoms. The van der Waals surface area contributed by atoms with Crippen LogP contribution < -0.4 is 16.2 Å². The molecule has 0 radical (unpaired) electrons. The number of amides is 1. The van der Waals surface area contributed by atoms with Crippen molar-refractivity contribution in [2.75, 3.05) is 0 Å². The maximum atomic E-state index is 13.2. The zero-order valence-corrected chi connectivity index (χ0v) is 13.2. The van der Waals surface area contributed by atoms with Crippen LogP contribution in [0.2, 0.25) is 0 Å². The SMILES string of the molecule is Cl.NC(N)=NC(=O)c1ccc(Oc2ccc(F)cc2)c(C(F)(F)F)c1. The molecule has 25 heavy (non-hydrogen) atoms. The fourth-order valence-electron chi connectivity index (χ4n) is 1.78. The van der Waals surface area contributed by atoms with Crippen molar-refractivity contribution in [1.82, 2.24) is 0 Å². The summed E-state index contributed by atoms with van der Waals surface area (Å²) >= 11 is 0. The van der Waals surface area contributed by atoms with Crippen LogP contribution in [0.25, 0.3) is 0 Å². The van der Waals surface area contributed by atoms with Gasteiger partial charge in [0.15, 0.2) is 5.96 Å². The molecule has 0 fully saturated rings. The van der Waals surface area contributed by atoms with Gasteiger partial charge in [0, 0.05) is 5.56 Å². The molecule has 0 aliphatic carbocycles. The molecule has 1 amide bonds. The summed E-state index contributed by atoms with van der Waals surface area (Å²) in [6.45, 7) is 0. The lowest BCUT2D eigenvalue weighted by Crippen LogP contribution is -2.24. The Morgan fingerprint density at radius 1 is 1.04 bits per heavy atom. The number of halogens is 5. The topological polar surface area (TPSA) is 90.7 Å². The highest BCUT2D eigenvalue weighted by Crippen LogP contribution is 2.38. The van der Waals surface area contributed by atoms with E-state index in [1.54, 1.807) is 0 Å². The van der Waals surface area contributed by atoms with E-state index in [-0.39, 0.29) is 23.7 Å². The van der Waals surface area contributed by atoms with Crippen molar-refractivity contribution in [3.05, 3.63) is 59.4 Å². The molecule has 0 unspecified atom stereocenters. The van der Waals surface area contributed by atoms with Gasteiger partial charge in [0.05, 0.1) is 5.56 Å². The smallest absolute Gasteiger partial charge is 0.420 e. The number of aliphatic imine (C=N–C) groups is 1. The minimum atomic E-state index is -4.79. The number of alkyl halides is 3. The van der Waals surface area contributed by atoms with E-state index in [1.165, 1.54) is 12.1 Å². The molecule has 0 aliphatic rings. The molecule has 134 valence electrons. The molecule has 0 saturated heterocycles. The van der Waals surface area contributed by atoms with Gasteiger partial charge in [0.1, 0.15) is 17.3 Å². The van der Waals surface area contributed by atoms with Gasteiger partial charge in [-0.1, -0.05) is 0 Å². The molecule has 5 nitrogen and oxygen atoms in total. The lowest BCUT2D eigenvalue weighted by Gasteiger charge is -2.14. The quantitative estimate of drug-likeness (QED) is 0.487. The Morgan fingerprint density at radius 2 is 1.64 bits per heavy atom. The summed E-state index contributed by atoms with van der Waals surface area (Å²) in [5.74, 6) is -2.69. The Bertz CT molecular complexity index is 788. The second-order valence-corrected chi connectivity index (χ2v) is 4.61. The van der Waals surface area contributed by atoms with Crippen molar-refractivity contribution in [2.24, 2.45) is 16.5 Å². The van der Waals surface area contributed by atoms with Crippen LogP contribution >= 0.6 is 12.4 Å². The number of carbonyl (C=O) groups excluding carboxylic acids is 1. The van der Waals surface area contributed by atoms with E-state index in [9.17, 15) is 22.4 Å². The van der Waals surface area contributed by atoms with E-state index < -0.39 is 35.2 Å². The number of benzene rings is 2. The molecule has 4 N–H and O–H groups in total. The van der Waals surface area contributed by atoms with Gasteiger partial charge in [-0.05, 0) is 42.5 Å². The Kier molecular flexibility index (Phi) is 6.35. The van der Waals surface area contributed by atoms with Crippen molar-refractivity contribution >= 4 is 24.3 Å². The fourth-order valence-corrected chi connectivity index (χ4v) is 1.78. The molecular weight excluding hydrogens is 366 g/mol. The highest BCUT2D eigenvalue weighted by atomic mass is 35.5. The molecular formula is C15H12ClF4N3O2. The normalized spacial score (nSPS) is 10.6. The van der Waals surface area contributed by atoms with Gasteiger partial charge in [0.25, 0.3) is 5.91 Å². The second-order valence-electron chi connectivity index (χ2n) is 4.61. The molecule has 2 aromatic carbocycles. The average Bonchev–Trinajstić information content (AvgIpc) is 2.48. The van der Waals surface area contributed by atoms with Crippen molar-refractivity contribution in [3.63, 3.8) is 0 Å². The lowest BCUT2D eigenvalue weighted by atomic mass is 10.1. The second kappa shape index (κ2) is 7.84. The van der Waals surface area contributed by atoms with Gasteiger partial charge in [-0.3, -0.25) is 4.79 Å². The Labute approximate surface area is 145 Å². The zero-order valence-electron chi connectivity index (χ0n) is 12.4. The number of guanidine groups is 1. The number of rotatable bonds is 3. The van der Waals surface area contributed by atoms with Crippen LogP contribution in [0.5, 0.6) is 11.5 Å². The molecule has 2 rings (SSSR count). The number of nitrogens with zero attached hydrogens (tertiary/aromatic N) is 1. The van der Waals surface area contributed by atoms with Crippen LogP contribution in [0.3, 0.4) is 0 Å². The highest BCUT2D eigenvalue weighted by Gasteiger charge is 2.35. The summed E-state index contributed by atoms with van der Waals surface area (Å²) in [5.41, 5.74) is 8.51. The summed E-state index contributed by atoms with van der Waals surface area (Å²) in [4.78, 5) is 14.8. The maximum absolute atomic E-state index is 13.2. The molecule has 0 aromatic heterocycles. The molecule has 0 heterocycles. The third-order valence-corrected chi connectivity index (χ3v) is 2.80. The predicted molar refractivity (Wildman–Crippen MR) is 85.3 cm³/mol. The Morgan fingerprint density at radius 3 is 2.16 bits per heavy atom. The third kappa shape index (κ3) is 5.35. The summed E-state index contributed by atoms with van der Waals surface area (Å²) in [5, 5.41) is 0. The average molecular weight is 378 g/mol. The first-order valence-electron chi connectivity index (χ1n) is 6.45. The van der Waals surface area contributed by atoms with E-state index in [4.69, 9.17) is 16.2 Å². The molecule has 0 atom stereocenters. The predicted octanol–water partition coefficient (Wildman–Crippen LogP) is 3.47. The fraction of sp³-hybridized carbons (Fsp3) is 0.0667. The van der Waals surface area contributed by atoms with E-state index in [0.717, 1.165) is 24.3 Å². The van der Waals surface area contributed by atoms with E-state index in [0.29, 0.717) is 6.07 Å². The first-order chi connectivity index (χ1) is 11.2.